The molecular formula is C16H15N3O5S. The van der Waals surface area contributed by atoms with E-state index in [9.17, 15) is 13.2 Å². The van der Waals surface area contributed by atoms with Crippen molar-refractivity contribution in [3.8, 4) is 11.5 Å². The van der Waals surface area contributed by atoms with Gasteiger partial charge >= 0.3 is 5.97 Å². The molecule has 0 aliphatic carbocycles. The molecule has 0 fully saturated rings. The molecule has 0 amide bonds. The molecule has 1 aromatic carbocycles. The Hall–Kier alpha value is -2.94. The minimum atomic E-state index is -3.39. The van der Waals surface area contributed by atoms with Crippen LogP contribution in [0.25, 0.3) is 10.9 Å². The number of ether oxygens (including phenoxy) is 2. The van der Waals surface area contributed by atoms with Crippen LogP contribution in [0, 0.1) is 0 Å². The van der Waals surface area contributed by atoms with E-state index in [0.717, 1.165) is 6.26 Å². The summed E-state index contributed by atoms with van der Waals surface area (Å²) in [5.41, 5.74) is 0.866. The second-order valence-corrected chi connectivity index (χ2v) is 7.37. The first-order chi connectivity index (χ1) is 11.8. The molecule has 0 bridgehead atoms. The Balaban J connectivity index is 2.04. The number of aryl methyl sites for hydroxylation is 1. The number of carbonyl (C=O) groups is 1. The summed E-state index contributed by atoms with van der Waals surface area (Å²) in [6, 6.07) is 6.00. The summed E-state index contributed by atoms with van der Waals surface area (Å²) in [4.78, 5) is 15.7. The van der Waals surface area contributed by atoms with Crippen LogP contribution in [0.3, 0.4) is 0 Å². The van der Waals surface area contributed by atoms with Gasteiger partial charge in [-0.25, -0.2) is 18.2 Å². The highest BCUT2D eigenvalue weighted by Gasteiger charge is 2.15. The van der Waals surface area contributed by atoms with Gasteiger partial charge in [-0.1, -0.05) is 0 Å². The highest BCUT2D eigenvalue weighted by molar-refractivity contribution is 7.90. The monoisotopic (exact) mass is 361 g/mol. The first kappa shape index (κ1) is 16.9. The lowest BCUT2D eigenvalue weighted by Gasteiger charge is -2.08. The Kier molecular flexibility index (Phi) is 4.17. The molecule has 2 aromatic heterocycles. The average Bonchev–Trinajstić information content (AvgIpc) is 2.94. The zero-order chi connectivity index (χ0) is 18.2. The predicted octanol–water partition coefficient (Wildman–Crippen LogP) is 1.95. The van der Waals surface area contributed by atoms with Gasteiger partial charge in [-0.3, -0.25) is 4.68 Å². The van der Waals surface area contributed by atoms with Crippen LogP contribution in [0.1, 0.15) is 10.4 Å². The summed E-state index contributed by atoms with van der Waals surface area (Å²) in [6.45, 7) is 0. The standard InChI is InChI=1S/C16H15N3O5S/c1-19-9-12-13(18-19)6-10(16(20)23-2)7-14(12)24-11-4-5-15(17-8-11)25(3,21)22/h4-9H,1-3H3. The van der Waals surface area contributed by atoms with Crippen molar-refractivity contribution >= 4 is 26.7 Å². The maximum absolute atomic E-state index is 11.8. The van der Waals surface area contributed by atoms with Crippen LogP contribution in [-0.2, 0) is 21.6 Å². The third-order valence-corrected chi connectivity index (χ3v) is 4.44. The van der Waals surface area contributed by atoms with Crippen LogP contribution in [0.4, 0.5) is 0 Å². The van der Waals surface area contributed by atoms with Crippen LogP contribution < -0.4 is 4.74 Å². The Morgan fingerprint density at radius 1 is 1.24 bits per heavy atom. The van der Waals surface area contributed by atoms with E-state index < -0.39 is 15.8 Å². The van der Waals surface area contributed by atoms with Gasteiger partial charge in [0, 0.05) is 19.5 Å². The molecule has 0 spiro atoms. The molecule has 0 saturated carbocycles. The van der Waals surface area contributed by atoms with E-state index in [1.54, 1.807) is 30.1 Å². The number of pyridine rings is 1. The fourth-order valence-electron chi connectivity index (χ4n) is 2.30. The number of hydrogen-bond donors (Lipinski definition) is 0. The first-order valence-corrected chi connectivity index (χ1v) is 9.07. The summed E-state index contributed by atoms with van der Waals surface area (Å²) in [7, 11) is -0.341. The highest BCUT2D eigenvalue weighted by Crippen LogP contribution is 2.31. The molecule has 0 N–H and O–H groups in total. The normalized spacial score (nSPS) is 11.5. The maximum atomic E-state index is 11.8. The Labute approximate surface area is 143 Å². The number of nitrogens with zero attached hydrogens (tertiary/aromatic N) is 3. The minimum Gasteiger partial charge on any atom is -0.465 e. The molecule has 3 rings (SSSR count). The smallest absolute Gasteiger partial charge is 0.338 e. The highest BCUT2D eigenvalue weighted by atomic mass is 32.2. The topological polar surface area (TPSA) is 100 Å². The fourth-order valence-corrected chi connectivity index (χ4v) is 2.86. The zero-order valence-electron chi connectivity index (χ0n) is 13.8. The predicted molar refractivity (Wildman–Crippen MR) is 89.5 cm³/mol. The lowest BCUT2D eigenvalue weighted by atomic mass is 10.1. The van der Waals surface area contributed by atoms with Gasteiger partial charge in [-0.15, -0.1) is 0 Å². The Bertz CT molecular complexity index is 1060. The molecule has 0 aliphatic heterocycles. The van der Waals surface area contributed by atoms with Gasteiger partial charge in [0.2, 0.25) is 0 Å². The third kappa shape index (κ3) is 3.45. The van der Waals surface area contributed by atoms with E-state index in [4.69, 9.17) is 9.47 Å². The van der Waals surface area contributed by atoms with Gasteiger partial charge in [0.05, 0.1) is 29.8 Å². The summed E-state index contributed by atoms with van der Waals surface area (Å²) in [5.74, 6) is 0.211. The number of aromatic nitrogens is 3. The van der Waals surface area contributed by atoms with E-state index in [1.165, 1.54) is 25.4 Å². The number of hydrogen-bond acceptors (Lipinski definition) is 7. The Morgan fingerprint density at radius 2 is 2.00 bits per heavy atom. The van der Waals surface area contributed by atoms with Gasteiger partial charge in [0.1, 0.15) is 11.5 Å². The van der Waals surface area contributed by atoms with Crippen molar-refractivity contribution in [3.05, 3.63) is 42.2 Å². The summed E-state index contributed by atoms with van der Waals surface area (Å²) in [6.07, 6.45) is 4.14. The molecule has 3 aromatic rings. The van der Waals surface area contributed by atoms with E-state index in [1.807, 2.05) is 0 Å². The van der Waals surface area contributed by atoms with Gasteiger partial charge in [0.15, 0.2) is 14.9 Å². The molecule has 9 heteroatoms. The lowest BCUT2D eigenvalue weighted by Crippen LogP contribution is -2.02. The molecule has 130 valence electrons. The zero-order valence-corrected chi connectivity index (χ0v) is 14.6. The van der Waals surface area contributed by atoms with Crippen LogP contribution in [0.2, 0.25) is 0 Å². The van der Waals surface area contributed by atoms with E-state index in [0.29, 0.717) is 28.0 Å². The molecule has 0 atom stereocenters. The minimum absolute atomic E-state index is 0.0466. The lowest BCUT2D eigenvalue weighted by molar-refractivity contribution is 0.0600. The van der Waals surface area contributed by atoms with Crippen molar-refractivity contribution in [2.45, 2.75) is 5.03 Å². The summed E-state index contributed by atoms with van der Waals surface area (Å²) in [5, 5.41) is 4.92. The molecule has 0 unspecified atom stereocenters. The first-order valence-electron chi connectivity index (χ1n) is 7.17. The number of methoxy groups -OCH3 is 1. The van der Waals surface area contributed by atoms with E-state index in [-0.39, 0.29) is 5.03 Å². The molecule has 8 nitrogen and oxygen atoms in total. The van der Waals surface area contributed by atoms with Crippen LogP contribution in [0.5, 0.6) is 11.5 Å². The molecule has 25 heavy (non-hydrogen) atoms. The van der Waals surface area contributed by atoms with Crippen molar-refractivity contribution in [1.82, 2.24) is 14.8 Å². The molecule has 0 aliphatic rings. The number of rotatable bonds is 4. The van der Waals surface area contributed by atoms with Crippen molar-refractivity contribution in [1.29, 1.82) is 0 Å². The van der Waals surface area contributed by atoms with Crippen LogP contribution in [-0.4, -0.2) is 42.5 Å². The summed E-state index contributed by atoms with van der Waals surface area (Å²) >= 11 is 0. The van der Waals surface area contributed by atoms with Gasteiger partial charge in [0.25, 0.3) is 0 Å². The van der Waals surface area contributed by atoms with E-state index in [2.05, 4.69) is 10.1 Å². The average molecular weight is 361 g/mol. The largest absolute Gasteiger partial charge is 0.465 e. The Morgan fingerprint density at radius 3 is 2.60 bits per heavy atom. The van der Waals surface area contributed by atoms with Crippen molar-refractivity contribution < 1.29 is 22.7 Å². The second-order valence-electron chi connectivity index (χ2n) is 5.41. The fraction of sp³-hybridized carbons (Fsp3) is 0.188. The van der Waals surface area contributed by atoms with Gasteiger partial charge < -0.3 is 9.47 Å². The van der Waals surface area contributed by atoms with Crippen LogP contribution >= 0.6 is 0 Å². The van der Waals surface area contributed by atoms with Crippen molar-refractivity contribution in [2.75, 3.05) is 13.4 Å². The number of fused-ring (bicyclic) bond motifs is 1. The molecule has 0 saturated heterocycles. The number of benzene rings is 1. The SMILES string of the molecule is COC(=O)c1cc(Oc2ccc(S(C)(=O)=O)nc2)c2cn(C)nc2c1. The summed E-state index contributed by atoms with van der Waals surface area (Å²) < 4.78 is 35.1. The number of esters is 1. The second kappa shape index (κ2) is 6.17. The van der Waals surface area contributed by atoms with Crippen molar-refractivity contribution in [3.63, 3.8) is 0 Å². The number of carbonyl (C=O) groups excluding carboxylic acids is 1. The van der Waals surface area contributed by atoms with Crippen LogP contribution in [0.15, 0.2) is 41.7 Å². The van der Waals surface area contributed by atoms with Gasteiger partial charge in [-0.2, -0.15) is 5.10 Å². The van der Waals surface area contributed by atoms with E-state index >= 15 is 0 Å². The molecule has 2 heterocycles. The van der Waals surface area contributed by atoms with Gasteiger partial charge in [-0.05, 0) is 24.3 Å². The maximum Gasteiger partial charge on any atom is 0.338 e. The molecular weight excluding hydrogens is 346 g/mol. The van der Waals surface area contributed by atoms with Crippen molar-refractivity contribution in [2.24, 2.45) is 7.05 Å². The third-order valence-electron chi connectivity index (χ3n) is 3.44. The quantitative estimate of drug-likeness (QED) is 0.655. The number of sulfone groups is 1. The molecule has 0 radical (unpaired) electrons.